The molecule has 1 fully saturated rings. The van der Waals surface area contributed by atoms with E-state index in [0.29, 0.717) is 6.61 Å². The summed E-state index contributed by atoms with van der Waals surface area (Å²) in [6.07, 6.45) is 5.02. The Labute approximate surface area is 116 Å². The van der Waals surface area contributed by atoms with E-state index >= 15 is 0 Å². The molecule has 1 aliphatic carbocycles. The Morgan fingerprint density at radius 1 is 1.31 bits per heavy atom. The van der Waals surface area contributed by atoms with Crippen molar-refractivity contribution in [2.45, 2.75) is 37.9 Å². The second kappa shape index (κ2) is 5.69. The lowest BCUT2D eigenvalue weighted by Crippen LogP contribution is -2.30. The Hall–Kier alpha value is 0.200. The molecule has 0 heterocycles. The molecule has 0 spiro atoms. The van der Waals surface area contributed by atoms with Gasteiger partial charge in [0.05, 0.1) is 12.2 Å². The fourth-order valence-electron chi connectivity index (χ4n) is 2.20. The average molecular weight is 351 g/mol. The lowest BCUT2D eigenvalue weighted by molar-refractivity contribution is -0.0317. The van der Waals surface area contributed by atoms with Crippen molar-refractivity contribution in [3.05, 3.63) is 34.9 Å². The predicted molar refractivity (Wildman–Crippen MR) is 76.3 cm³/mol. The molecule has 0 atom stereocenters. The van der Waals surface area contributed by atoms with Gasteiger partial charge in [0, 0.05) is 9.45 Å². The van der Waals surface area contributed by atoms with Gasteiger partial charge in [0.1, 0.15) is 0 Å². The lowest BCUT2D eigenvalue weighted by atomic mass is 10.1. The molecule has 0 bridgehead atoms. The molecule has 1 aromatic rings. The van der Waals surface area contributed by atoms with Crippen LogP contribution in [0.5, 0.6) is 0 Å². The van der Waals surface area contributed by atoms with Crippen LogP contribution in [0.25, 0.3) is 0 Å². The third-order valence-electron chi connectivity index (χ3n) is 3.19. The van der Waals surface area contributed by atoms with Crippen LogP contribution >= 0.6 is 34.2 Å². The SMILES string of the molecule is Clc1cccc(COC2(CI)CCCC2)c1. The Kier molecular flexibility index (Phi) is 4.50. The van der Waals surface area contributed by atoms with Gasteiger partial charge in [-0.15, -0.1) is 0 Å². The summed E-state index contributed by atoms with van der Waals surface area (Å²) in [5, 5.41) is 0.788. The Bertz CT molecular complexity index is 348. The highest BCUT2D eigenvalue weighted by Crippen LogP contribution is 2.35. The van der Waals surface area contributed by atoms with Crippen molar-refractivity contribution in [3.8, 4) is 0 Å². The molecule has 1 saturated carbocycles. The van der Waals surface area contributed by atoms with E-state index in [1.54, 1.807) is 0 Å². The highest BCUT2D eigenvalue weighted by molar-refractivity contribution is 14.1. The first-order chi connectivity index (χ1) is 7.74. The van der Waals surface area contributed by atoms with Crippen LogP contribution in [0.3, 0.4) is 0 Å². The number of hydrogen-bond acceptors (Lipinski definition) is 1. The van der Waals surface area contributed by atoms with Crippen LogP contribution in [0.4, 0.5) is 0 Å². The topological polar surface area (TPSA) is 9.23 Å². The number of ether oxygens (including phenoxy) is 1. The average Bonchev–Trinajstić information content (AvgIpc) is 2.76. The zero-order chi connectivity index (χ0) is 11.4. The monoisotopic (exact) mass is 350 g/mol. The zero-order valence-electron chi connectivity index (χ0n) is 9.22. The van der Waals surface area contributed by atoms with Crippen LogP contribution in [-0.2, 0) is 11.3 Å². The van der Waals surface area contributed by atoms with E-state index in [4.69, 9.17) is 16.3 Å². The summed E-state index contributed by atoms with van der Waals surface area (Å²) in [6, 6.07) is 7.93. The minimum Gasteiger partial charge on any atom is -0.370 e. The molecular formula is C13H16ClIO. The number of alkyl halides is 1. The highest BCUT2D eigenvalue weighted by Gasteiger charge is 2.33. The van der Waals surface area contributed by atoms with Gasteiger partial charge in [-0.05, 0) is 30.5 Å². The summed E-state index contributed by atoms with van der Waals surface area (Å²) in [5.41, 5.74) is 1.30. The molecule has 0 radical (unpaired) electrons. The van der Waals surface area contributed by atoms with E-state index in [1.165, 1.54) is 31.2 Å². The van der Waals surface area contributed by atoms with Gasteiger partial charge >= 0.3 is 0 Å². The van der Waals surface area contributed by atoms with Crippen molar-refractivity contribution in [1.82, 2.24) is 0 Å². The van der Waals surface area contributed by atoms with Crippen LogP contribution in [0.2, 0.25) is 5.02 Å². The van der Waals surface area contributed by atoms with Crippen LogP contribution in [0.1, 0.15) is 31.2 Å². The number of rotatable bonds is 4. The van der Waals surface area contributed by atoms with Gasteiger partial charge in [0.15, 0.2) is 0 Å². The van der Waals surface area contributed by atoms with Gasteiger partial charge in [0.2, 0.25) is 0 Å². The minimum absolute atomic E-state index is 0.128. The largest absolute Gasteiger partial charge is 0.370 e. The van der Waals surface area contributed by atoms with Crippen LogP contribution in [0, 0.1) is 0 Å². The molecule has 0 aliphatic heterocycles. The first-order valence-corrected chi connectivity index (χ1v) is 7.59. The number of benzene rings is 1. The molecule has 88 valence electrons. The van der Waals surface area contributed by atoms with E-state index in [-0.39, 0.29) is 5.60 Å². The molecule has 0 saturated heterocycles. The van der Waals surface area contributed by atoms with Gasteiger partial charge in [-0.3, -0.25) is 0 Å². The van der Waals surface area contributed by atoms with Crippen LogP contribution in [0.15, 0.2) is 24.3 Å². The van der Waals surface area contributed by atoms with Crippen molar-refractivity contribution in [3.63, 3.8) is 0 Å². The smallest absolute Gasteiger partial charge is 0.0776 e. The van der Waals surface area contributed by atoms with E-state index in [9.17, 15) is 0 Å². The van der Waals surface area contributed by atoms with Crippen molar-refractivity contribution < 1.29 is 4.74 Å². The van der Waals surface area contributed by atoms with Gasteiger partial charge in [-0.1, -0.05) is 59.2 Å². The molecule has 0 aromatic heterocycles. The summed E-state index contributed by atoms with van der Waals surface area (Å²) in [6.45, 7) is 0.684. The van der Waals surface area contributed by atoms with E-state index in [1.807, 2.05) is 18.2 Å². The second-order valence-electron chi connectivity index (χ2n) is 4.44. The third kappa shape index (κ3) is 3.11. The fourth-order valence-corrected chi connectivity index (χ4v) is 3.39. The van der Waals surface area contributed by atoms with Crippen LogP contribution < -0.4 is 0 Å². The van der Waals surface area contributed by atoms with Crippen molar-refractivity contribution >= 4 is 34.2 Å². The molecule has 0 amide bonds. The van der Waals surface area contributed by atoms with Crippen molar-refractivity contribution in [1.29, 1.82) is 0 Å². The maximum absolute atomic E-state index is 6.11. The lowest BCUT2D eigenvalue weighted by Gasteiger charge is -2.27. The van der Waals surface area contributed by atoms with E-state index < -0.39 is 0 Å². The molecule has 2 rings (SSSR count). The summed E-state index contributed by atoms with van der Waals surface area (Å²) >= 11 is 8.39. The summed E-state index contributed by atoms with van der Waals surface area (Å²) < 4.78 is 7.20. The second-order valence-corrected chi connectivity index (χ2v) is 5.64. The minimum atomic E-state index is 0.128. The first kappa shape index (κ1) is 12.7. The third-order valence-corrected chi connectivity index (χ3v) is 4.82. The normalized spacial score (nSPS) is 18.9. The molecule has 3 heteroatoms. The zero-order valence-corrected chi connectivity index (χ0v) is 12.1. The standard InChI is InChI=1S/C13H16ClIO/c14-12-5-3-4-11(8-12)9-16-13(10-15)6-1-2-7-13/h3-5,8H,1-2,6-7,9-10H2. The Balaban J connectivity index is 1.95. The number of hydrogen-bond donors (Lipinski definition) is 0. The molecule has 1 aliphatic rings. The fraction of sp³-hybridized carbons (Fsp3) is 0.538. The Morgan fingerprint density at radius 2 is 2.06 bits per heavy atom. The quantitative estimate of drug-likeness (QED) is 0.569. The maximum atomic E-state index is 6.11. The molecule has 0 N–H and O–H groups in total. The highest BCUT2D eigenvalue weighted by atomic mass is 127. The van der Waals surface area contributed by atoms with E-state index in [2.05, 4.69) is 28.7 Å². The first-order valence-electron chi connectivity index (χ1n) is 5.68. The molecule has 16 heavy (non-hydrogen) atoms. The molecular weight excluding hydrogens is 334 g/mol. The van der Waals surface area contributed by atoms with Gasteiger partial charge in [-0.2, -0.15) is 0 Å². The van der Waals surface area contributed by atoms with Crippen molar-refractivity contribution in [2.24, 2.45) is 0 Å². The molecule has 1 aromatic carbocycles. The van der Waals surface area contributed by atoms with Crippen molar-refractivity contribution in [2.75, 3.05) is 4.43 Å². The predicted octanol–water partition coefficient (Wildman–Crippen LogP) is 4.60. The molecule has 1 nitrogen and oxygen atoms in total. The Morgan fingerprint density at radius 3 is 2.69 bits per heavy atom. The summed E-state index contributed by atoms with van der Waals surface area (Å²) in [5.74, 6) is 0. The van der Waals surface area contributed by atoms with Gasteiger partial charge < -0.3 is 4.74 Å². The summed E-state index contributed by atoms with van der Waals surface area (Å²) in [7, 11) is 0. The van der Waals surface area contributed by atoms with Crippen LogP contribution in [-0.4, -0.2) is 10.0 Å². The number of halogens is 2. The summed E-state index contributed by atoms with van der Waals surface area (Å²) in [4.78, 5) is 0. The molecule has 0 unspecified atom stereocenters. The van der Waals surface area contributed by atoms with E-state index in [0.717, 1.165) is 9.45 Å². The maximum Gasteiger partial charge on any atom is 0.0776 e. The van der Waals surface area contributed by atoms with Gasteiger partial charge in [-0.25, -0.2) is 0 Å². The van der Waals surface area contributed by atoms with Gasteiger partial charge in [0.25, 0.3) is 0 Å².